The van der Waals surface area contributed by atoms with Crippen molar-refractivity contribution in [2.24, 2.45) is 0 Å². The number of hydrogen-bond donors (Lipinski definition) is 2. The molecule has 1 unspecified atom stereocenters. The number of benzene rings is 2. The number of carbonyl (C=O) groups is 3. The lowest BCUT2D eigenvalue weighted by atomic mass is 9.95. The van der Waals surface area contributed by atoms with Crippen LogP contribution in [0.1, 0.15) is 67.3 Å². The van der Waals surface area contributed by atoms with Crippen LogP contribution in [0.15, 0.2) is 45.3 Å². The Bertz CT molecular complexity index is 1380. The molecule has 9 nitrogen and oxygen atoms in total. The summed E-state index contributed by atoms with van der Waals surface area (Å²) in [4.78, 5) is 49.9. The van der Waals surface area contributed by atoms with Gasteiger partial charge in [-0.05, 0) is 114 Å². The molecule has 3 saturated heterocycles. The SMILES string of the molecule is Nc1c(Br)cc(C(=O)CC(C(=O)N2CCC(N3CCc4ccccc4NC3=O)CC2)N2CCC(N3CCCCC3)CC2)cc1Br. The van der Waals surface area contributed by atoms with Crippen molar-refractivity contribution in [3.63, 3.8) is 0 Å². The Hall–Kier alpha value is -2.47. The Morgan fingerprint density at radius 2 is 1.51 bits per heavy atom. The van der Waals surface area contributed by atoms with Gasteiger partial charge in [-0.1, -0.05) is 24.6 Å². The summed E-state index contributed by atoms with van der Waals surface area (Å²) in [5.41, 5.74) is 9.20. The smallest absolute Gasteiger partial charge is 0.322 e. The number of nitrogens with one attached hydrogen (secondary N) is 1. The molecule has 242 valence electrons. The van der Waals surface area contributed by atoms with Gasteiger partial charge in [0.1, 0.15) is 0 Å². The Morgan fingerprint density at radius 1 is 0.867 bits per heavy atom. The highest BCUT2D eigenvalue weighted by Gasteiger charge is 2.38. The highest BCUT2D eigenvalue weighted by atomic mass is 79.9. The molecular weight excluding hydrogens is 700 g/mol. The van der Waals surface area contributed by atoms with Crippen molar-refractivity contribution in [1.29, 1.82) is 0 Å². The van der Waals surface area contributed by atoms with Gasteiger partial charge in [-0.2, -0.15) is 0 Å². The van der Waals surface area contributed by atoms with E-state index in [1.165, 1.54) is 32.4 Å². The molecule has 3 N–H and O–H groups in total. The van der Waals surface area contributed by atoms with Crippen LogP contribution in [0, 0.1) is 0 Å². The first-order valence-corrected chi connectivity index (χ1v) is 18.1. The molecule has 4 aliphatic heterocycles. The van der Waals surface area contributed by atoms with Gasteiger partial charge in [-0.15, -0.1) is 0 Å². The van der Waals surface area contributed by atoms with E-state index in [-0.39, 0.29) is 30.2 Å². The van der Waals surface area contributed by atoms with E-state index in [2.05, 4.69) is 53.0 Å². The summed E-state index contributed by atoms with van der Waals surface area (Å²) in [6, 6.07) is 11.5. The van der Waals surface area contributed by atoms with Gasteiger partial charge in [-0.25, -0.2) is 4.79 Å². The van der Waals surface area contributed by atoms with E-state index in [4.69, 9.17) is 5.73 Å². The van der Waals surface area contributed by atoms with Crippen LogP contribution >= 0.6 is 31.9 Å². The van der Waals surface area contributed by atoms with Gasteiger partial charge >= 0.3 is 6.03 Å². The number of Topliss-reactive ketones (excluding diaryl/α,β-unsaturated/α-hetero) is 1. The van der Waals surface area contributed by atoms with Gasteiger partial charge < -0.3 is 25.8 Å². The standard InChI is InChI=1S/C34H44Br2N6O3/c35-27-20-24(21-28(36)32(27)37)31(43)22-30(40-15-9-25(10-16-40)39-13-4-1-5-14-39)33(44)41-17-11-26(12-18-41)42-19-8-23-6-2-3-7-29(23)38-34(42)45/h2-3,6-7,20-21,25-26,30H,1,4-5,8-19,22,37H2,(H,38,45). The van der Waals surface area contributed by atoms with E-state index in [0.29, 0.717) is 45.9 Å². The molecule has 3 fully saturated rings. The average molecular weight is 745 g/mol. The number of nitrogens with zero attached hydrogens (tertiary/aromatic N) is 4. The number of carbonyl (C=O) groups excluding carboxylic acids is 3. The number of fused-ring (bicyclic) bond motifs is 1. The van der Waals surface area contributed by atoms with Crippen molar-refractivity contribution in [2.45, 2.75) is 75.9 Å². The molecule has 4 heterocycles. The number of anilines is 2. The summed E-state index contributed by atoms with van der Waals surface area (Å²) in [5.74, 6) is -0.0388. The second-order valence-electron chi connectivity index (χ2n) is 12.9. The molecule has 0 radical (unpaired) electrons. The summed E-state index contributed by atoms with van der Waals surface area (Å²) in [6.45, 7) is 5.78. The third kappa shape index (κ3) is 7.42. The van der Waals surface area contributed by atoms with Crippen LogP contribution in [0.4, 0.5) is 16.2 Å². The number of ketones is 1. The fraction of sp³-hybridized carbons (Fsp3) is 0.559. The van der Waals surface area contributed by atoms with Crippen LogP contribution < -0.4 is 11.1 Å². The molecule has 0 saturated carbocycles. The monoisotopic (exact) mass is 742 g/mol. The zero-order valence-corrected chi connectivity index (χ0v) is 29.0. The highest BCUT2D eigenvalue weighted by molar-refractivity contribution is 9.11. The quantitative estimate of drug-likeness (QED) is 0.276. The fourth-order valence-corrected chi connectivity index (χ4v) is 8.79. The third-order valence-electron chi connectivity index (χ3n) is 10.3. The largest absolute Gasteiger partial charge is 0.397 e. The number of piperidine rings is 3. The molecule has 3 amide bonds. The number of para-hydroxylation sites is 1. The molecule has 2 aromatic carbocycles. The van der Waals surface area contributed by atoms with Crippen molar-refractivity contribution >= 4 is 61.0 Å². The van der Waals surface area contributed by atoms with Gasteiger partial charge in [-0.3, -0.25) is 14.5 Å². The highest BCUT2D eigenvalue weighted by Crippen LogP contribution is 2.32. The third-order valence-corrected chi connectivity index (χ3v) is 11.6. The maximum Gasteiger partial charge on any atom is 0.322 e. The number of nitrogens with two attached hydrogens (primary N) is 1. The summed E-state index contributed by atoms with van der Waals surface area (Å²) in [6.07, 6.45) is 8.28. The molecule has 11 heteroatoms. The van der Waals surface area contributed by atoms with E-state index in [1.54, 1.807) is 12.1 Å². The lowest BCUT2D eigenvalue weighted by Gasteiger charge is -2.44. The van der Waals surface area contributed by atoms with Crippen LogP contribution in [-0.2, 0) is 11.2 Å². The van der Waals surface area contributed by atoms with Crippen molar-refractivity contribution in [2.75, 3.05) is 56.9 Å². The normalized spacial score (nSPS) is 21.6. The second kappa shape index (κ2) is 14.5. The van der Waals surface area contributed by atoms with Gasteiger partial charge in [0.2, 0.25) is 5.91 Å². The van der Waals surface area contributed by atoms with Crippen molar-refractivity contribution in [3.8, 4) is 0 Å². The number of halogens is 2. The van der Waals surface area contributed by atoms with Gasteiger partial charge in [0.15, 0.2) is 5.78 Å². The van der Waals surface area contributed by atoms with E-state index < -0.39 is 6.04 Å². The summed E-state index contributed by atoms with van der Waals surface area (Å²) >= 11 is 6.94. The lowest BCUT2D eigenvalue weighted by molar-refractivity contribution is -0.139. The van der Waals surface area contributed by atoms with Crippen molar-refractivity contribution in [1.82, 2.24) is 19.6 Å². The van der Waals surface area contributed by atoms with Crippen LogP contribution in [0.5, 0.6) is 0 Å². The summed E-state index contributed by atoms with van der Waals surface area (Å²) in [7, 11) is 0. The second-order valence-corrected chi connectivity index (χ2v) is 14.7. The number of urea groups is 1. The first-order valence-electron chi connectivity index (χ1n) is 16.5. The predicted octanol–water partition coefficient (Wildman–Crippen LogP) is 5.77. The van der Waals surface area contributed by atoms with Gasteiger partial charge in [0, 0.05) is 71.4 Å². The summed E-state index contributed by atoms with van der Waals surface area (Å²) < 4.78 is 1.32. The number of rotatable bonds is 7. The van der Waals surface area contributed by atoms with Crippen LogP contribution in [0.2, 0.25) is 0 Å². The Kier molecular flexibility index (Phi) is 10.5. The van der Waals surface area contributed by atoms with Crippen molar-refractivity contribution in [3.05, 3.63) is 56.5 Å². The maximum absolute atomic E-state index is 14.3. The van der Waals surface area contributed by atoms with E-state index >= 15 is 0 Å². The Morgan fingerprint density at radius 3 is 2.20 bits per heavy atom. The molecule has 1 atom stereocenters. The molecular formula is C34H44Br2N6O3. The van der Waals surface area contributed by atoms with Crippen LogP contribution in [0.25, 0.3) is 0 Å². The molecule has 0 bridgehead atoms. The van der Waals surface area contributed by atoms with E-state index in [9.17, 15) is 14.4 Å². The van der Waals surface area contributed by atoms with Gasteiger partial charge in [0.25, 0.3) is 0 Å². The number of hydrogen-bond acceptors (Lipinski definition) is 6. The molecule has 0 spiro atoms. The fourth-order valence-electron chi connectivity index (χ4n) is 7.60. The van der Waals surface area contributed by atoms with Crippen molar-refractivity contribution < 1.29 is 14.4 Å². The van der Waals surface area contributed by atoms with Gasteiger partial charge in [0.05, 0.1) is 11.7 Å². The molecule has 0 aromatic heterocycles. The Balaban J connectivity index is 1.13. The number of nitrogen functional groups attached to an aromatic ring is 1. The molecule has 45 heavy (non-hydrogen) atoms. The molecule has 2 aromatic rings. The average Bonchev–Trinajstić information content (AvgIpc) is 3.24. The van der Waals surface area contributed by atoms with Crippen LogP contribution in [0.3, 0.4) is 0 Å². The number of likely N-dealkylation sites (tertiary alicyclic amines) is 3. The number of amides is 3. The molecule has 4 aliphatic rings. The minimum absolute atomic E-state index is 0.0273. The summed E-state index contributed by atoms with van der Waals surface area (Å²) in [5, 5.41) is 3.08. The minimum Gasteiger partial charge on any atom is -0.397 e. The van der Waals surface area contributed by atoms with Crippen LogP contribution in [-0.4, -0.2) is 101 Å². The lowest BCUT2D eigenvalue weighted by Crippen LogP contribution is -2.57. The van der Waals surface area contributed by atoms with E-state index in [1.807, 2.05) is 28.0 Å². The van der Waals surface area contributed by atoms with E-state index in [0.717, 1.165) is 56.4 Å². The first kappa shape index (κ1) is 32.5. The zero-order valence-electron chi connectivity index (χ0n) is 25.9. The zero-order chi connectivity index (χ0) is 31.5. The predicted molar refractivity (Wildman–Crippen MR) is 184 cm³/mol. The topological polar surface area (TPSA) is 102 Å². The minimum atomic E-state index is -0.512. The maximum atomic E-state index is 14.3. The Labute approximate surface area is 283 Å². The molecule has 0 aliphatic carbocycles. The first-order chi connectivity index (χ1) is 21.8. The molecule has 6 rings (SSSR count).